The van der Waals surface area contributed by atoms with Crippen molar-refractivity contribution in [3.63, 3.8) is 0 Å². The monoisotopic (exact) mass is 278 g/mol. The standard InChI is InChI=1S/C15H22N2O3/c1-4-11(2)13(14(18)20-3)17-15(19)16-10-12-8-6-5-7-9-12/h5-9,11,13H,4,10H2,1-3H3,(H2,16,17,19)/t11?,13-/m1/s1. The fourth-order valence-electron chi connectivity index (χ4n) is 1.77. The summed E-state index contributed by atoms with van der Waals surface area (Å²) in [6.07, 6.45) is 0.777. The number of hydrogen-bond donors (Lipinski definition) is 2. The first-order valence-electron chi connectivity index (χ1n) is 6.74. The molecule has 110 valence electrons. The molecule has 5 nitrogen and oxygen atoms in total. The topological polar surface area (TPSA) is 67.4 Å². The van der Waals surface area contributed by atoms with E-state index in [9.17, 15) is 9.59 Å². The van der Waals surface area contributed by atoms with Crippen molar-refractivity contribution >= 4 is 12.0 Å². The van der Waals surface area contributed by atoms with Crippen molar-refractivity contribution in [3.05, 3.63) is 35.9 Å². The zero-order valence-electron chi connectivity index (χ0n) is 12.2. The Morgan fingerprint density at radius 2 is 1.90 bits per heavy atom. The van der Waals surface area contributed by atoms with Gasteiger partial charge in [-0.3, -0.25) is 0 Å². The number of carbonyl (C=O) groups excluding carboxylic acids is 2. The second-order valence-electron chi connectivity index (χ2n) is 4.70. The molecule has 2 amide bonds. The van der Waals surface area contributed by atoms with Crippen molar-refractivity contribution in [2.24, 2.45) is 5.92 Å². The van der Waals surface area contributed by atoms with Crippen LogP contribution < -0.4 is 10.6 Å². The highest BCUT2D eigenvalue weighted by atomic mass is 16.5. The zero-order valence-corrected chi connectivity index (χ0v) is 12.2. The number of amides is 2. The van der Waals surface area contributed by atoms with Gasteiger partial charge in [0.05, 0.1) is 7.11 Å². The highest BCUT2D eigenvalue weighted by Crippen LogP contribution is 2.09. The quantitative estimate of drug-likeness (QED) is 0.783. The van der Waals surface area contributed by atoms with E-state index >= 15 is 0 Å². The summed E-state index contributed by atoms with van der Waals surface area (Å²) in [5, 5.41) is 5.39. The summed E-state index contributed by atoms with van der Waals surface area (Å²) in [5.41, 5.74) is 1.00. The first-order chi connectivity index (χ1) is 9.58. The van der Waals surface area contributed by atoms with Crippen molar-refractivity contribution in [2.45, 2.75) is 32.9 Å². The first-order valence-corrected chi connectivity index (χ1v) is 6.74. The highest BCUT2D eigenvalue weighted by Gasteiger charge is 2.26. The van der Waals surface area contributed by atoms with Gasteiger partial charge in [0.2, 0.25) is 0 Å². The van der Waals surface area contributed by atoms with Gasteiger partial charge in [-0.2, -0.15) is 0 Å². The summed E-state index contributed by atoms with van der Waals surface area (Å²) in [6.45, 7) is 4.28. The Morgan fingerprint density at radius 3 is 2.45 bits per heavy atom. The lowest BCUT2D eigenvalue weighted by Crippen LogP contribution is -2.49. The van der Waals surface area contributed by atoms with Gasteiger partial charge in [0.1, 0.15) is 6.04 Å². The predicted octanol–water partition coefficient (Wildman–Crippen LogP) is 2.07. The lowest BCUT2D eigenvalue weighted by molar-refractivity contribution is -0.144. The molecule has 2 atom stereocenters. The van der Waals surface area contributed by atoms with E-state index in [2.05, 4.69) is 10.6 Å². The summed E-state index contributed by atoms with van der Waals surface area (Å²) in [7, 11) is 1.32. The summed E-state index contributed by atoms with van der Waals surface area (Å²) in [5.74, 6) is -0.404. The molecule has 1 aromatic carbocycles. The van der Waals surface area contributed by atoms with Crippen LogP contribution in [0.5, 0.6) is 0 Å². The molecule has 0 saturated carbocycles. The van der Waals surface area contributed by atoms with E-state index < -0.39 is 12.0 Å². The second kappa shape index (κ2) is 8.19. The Labute approximate surface area is 119 Å². The molecule has 1 unspecified atom stereocenters. The van der Waals surface area contributed by atoms with Crippen LogP contribution in [0, 0.1) is 5.92 Å². The molecule has 1 aromatic rings. The molecule has 0 saturated heterocycles. The number of hydrogen-bond acceptors (Lipinski definition) is 3. The molecule has 0 radical (unpaired) electrons. The fraction of sp³-hybridized carbons (Fsp3) is 0.467. The number of esters is 1. The van der Waals surface area contributed by atoms with E-state index in [1.165, 1.54) is 7.11 Å². The number of methoxy groups -OCH3 is 1. The van der Waals surface area contributed by atoms with Gasteiger partial charge in [-0.05, 0) is 11.5 Å². The van der Waals surface area contributed by atoms with Gasteiger partial charge in [-0.15, -0.1) is 0 Å². The van der Waals surface area contributed by atoms with E-state index in [-0.39, 0.29) is 11.9 Å². The van der Waals surface area contributed by atoms with Crippen LogP contribution in [-0.4, -0.2) is 25.2 Å². The van der Waals surface area contributed by atoms with Crippen LogP contribution in [0.2, 0.25) is 0 Å². The number of carbonyl (C=O) groups is 2. The molecule has 0 aliphatic rings. The van der Waals surface area contributed by atoms with Crippen LogP contribution >= 0.6 is 0 Å². The van der Waals surface area contributed by atoms with Gasteiger partial charge in [0.15, 0.2) is 0 Å². The van der Waals surface area contributed by atoms with Crippen molar-refractivity contribution in [2.75, 3.05) is 7.11 Å². The van der Waals surface area contributed by atoms with E-state index in [1.807, 2.05) is 44.2 Å². The number of benzene rings is 1. The molecule has 0 aliphatic heterocycles. The molecule has 5 heteroatoms. The van der Waals surface area contributed by atoms with Gasteiger partial charge in [-0.25, -0.2) is 9.59 Å². The van der Waals surface area contributed by atoms with Gasteiger partial charge in [-0.1, -0.05) is 50.6 Å². The van der Waals surface area contributed by atoms with Crippen molar-refractivity contribution < 1.29 is 14.3 Å². The molecule has 2 N–H and O–H groups in total. The molecule has 0 bridgehead atoms. The first kappa shape index (κ1) is 16.0. The Balaban J connectivity index is 2.51. The Bertz CT molecular complexity index is 434. The van der Waals surface area contributed by atoms with Crippen LogP contribution in [0.15, 0.2) is 30.3 Å². The zero-order chi connectivity index (χ0) is 15.0. The normalized spacial score (nSPS) is 13.2. The fourth-order valence-corrected chi connectivity index (χ4v) is 1.77. The van der Waals surface area contributed by atoms with Gasteiger partial charge < -0.3 is 15.4 Å². The molecule has 0 heterocycles. The molecule has 0 fully saturated rings. The number of rotatable bonds is 6. The maximum atomic E-state index is 11.8. The van der Waals surface area contributed by atoms with Crippen LogP contribution in [0.1, 0.15) is 25.8 Å². The number of ether oxygens (including phenoxy) is 1. The summed E-state index contributed by atoms with van der Waals surface area (Å²) in [6, 6.07) is 8.58. The Morgan fingerprint density at radius 1 is 1.25 bits per heavy atom. The van der Waals surface area contributed by atoms with Gasteiger partial charge >= 0.3 is 12.0 Å². The Hall–Kier alpha value is -2.04. The van der Waals surface area contributed by atoms with E-state index in [1.54, 1.807) is 0 Å². The highest BCUT2D eigenvalue weighted by molar-refractivity contribution is 5.83. The van der Waals surface area contributed by atoms with Crippen molar-refractivity contribution in [3.8, 4) is 0 Å². The van der Waals surface area contributed by atoms with Crippen LogP contribution in [0.25, 0.3) is 0 Å². The third-order valence-corrected chi connectivity index (χ3v) is 3.25. The van der Waals surface area contributed by atoms with E-state index in [4.69, 9.17) is 4.74 Å². The van der Waals surface area contributed by atoms with Crippen molar-refractivity contribution in [1.29, 1.82) is 0 Å². The molecule has 1 rings (SSSR count). The summed E-state index contributed by atoms with van der Waals surface area (Å²) >= 11 is 0. The minimum Gasteiger partial charge on any atom is -0.467 e. The van der Waals surface area contributed by atoms with Crippen molar-refractivity contribution in [1.82, 2.24) is 10.6 Å². The Kier molecular flexibility index (Phi) is 6.56. The van der Waals surface area contributed by atoms with Crippen LogP contribution in [0.4, 0.5) is 4.79 Å². The SMILES string of the molecule is CCC(C)[C@@H](NC(=O)NCc1ccccc1)C(=O)OC. The maximum absolute atomic E-state index is 11.8. The summed E-state index contributed by atoms with van der Waals surface area (Å²) in [4.78, 5) is 23.5. The lowest BCUT2D eigenvalue weighted by Gasteiger charge is -2.22. The van der Waals surface area contributed by atoms with E-state index in [0.29, 0.717) is 6.54 Å². The third-order valence-electron chi connectivity index (χ3n) is 3.25. The summed E-state index contributed by atoms with van der Waals surface area (Å²) < 4.78 is 4.72. The average Bonchev–Trinajstić information content (AvgIpc) is 2.50. The van der Waals surface area contributed by atoms with Crippen LogP contribution in [-0.2, 0) is 16.1 Å². The van der Waals surface area contributed by atoms with Gasteiger partial charge in [0.25, 0.3) is 0 Å². The second-order valence-corrected chi connectivity index (χ2v) is 4.70. The van der Waals surface area contributed by atoms with E-state index in [0.717, 1.165) is 12.0 Å². The lowest BCUT2D eigenvalue weighted by atomic mass is 9.99. The maximum Gasteiger partial charge on any atom is 0.328 e. The molecular formula is C15H22N2O3. The number of nitrogens with one attached hydrogen (secondary N) is 2. The minimum absolute atomic E-state index is 0.0184. The largest absolute Gasteiger partial charge is 0.467 e. The predicted molar refractivity (Wildman–Crippen MR) is 77.1 cm³/mol. The van der Waals surface area contributed by atoms with Gasteiger partial charge in [0, 0.05) is 6.54 Å². The molecule has 0 spiro atoms. The smallest absolute Gasteiger partial charge is 0.328 e. The molecule has 20 heavy (non-hydrogen) atoms. The average molecular weight is 278 g/mol. The van der Waals surface area contributed by atoms with Crippen LogP contribution in [0.3, 0.4) is 0 Å². The third kappa shape index (κ3) is 4.91. The molecule has 0 aromatic heterocycles. The molecular weight excluding hydrogens is 256 g/mol. The minimum atomic E-state index is -0.624. The number of urea groups is 1. The molecule has 0 aliphatic carbocycles.